The van der Waals surface area contributed by atoms with Crippen molar-refractivity contribution >= 4 is 11.7 Å². The minimum Gasteiger partial charge on any atom is -0.368 e. The van der Waals surface area contributed by atoms with Crippen LogP contribution >= 0.6 is 0 Å². The summed E-state index contributed by atoms with van der Waals surface area (Å²) in [6.45, 7) is 6.30. The summed E-state index contributed by atoms with van der Waals surface area (Å²) >= 11 is 0. The first-order chi connectivity index (χ1) is 12.0. The van der Waals surface area contributed by atoms with Gasteiger partial charge in [-0.2, -0.15) is 0 Å². The van der Waals surface area contributed by atoms with Crippen molar-refractivity contribution in [3.8, 4) is 5.82 Å². The van der Waals surface area contributed by atoms with Gasteiger partial charge in [0.2, 0.25) is 0 Å². The van der Waals surface area contributed by atoms with Gasteiger partial charge in [0.15, 0.2) is 0 Å². The Morgan fingerprint density at radius 1 is 1.16 bits per heavy atom. The third-order valence-electron chi connectivity index (χ3n) is 3.67. The van der Waals surface area contributed by atoms with E-state index in [9.17, 15) is 4.79 Å². The van der Waals surface area contributed by atoms with Crippen LogP contribution in [0.4, 0.5) is 5.82 Å². The monoisotopic (exact) mass is 340 g/mol. The number of hydrogen-bond donors (Lipinski definition) is 2. The van der Waals surface area contributed by atoms with Gasteiger partial charge in [-0.05, 0) is 32.9 Å². The summed E-state index contributed by atoms with van der Waals surface area (Å²) in [6, 6.07) is 5.74. The second-order valence-electron chi connectivity index (χ2n) is 5.63. The van der Waals surface area contributed by atoms with E-state index in [1.165, 1.54) is 0 Å². The fraction of sp³-hybridized carbons (Fsp3) is 0.294. The van der Waals surface area contributed by atoms with Gasteiger partial charge in [0, 0.05) is 31.5 Å². The Balaban J connectivity index is 1.57. The zero-order valence-electron chi connectivity index (χ0n) is 14.4. The normalized spacial score (nSPS) is 10.7. The van der Waals surface area contributed by atoms with Crippen LogP contribution in [0.25, 0.3) is 5.82 Å². The molecule has 8 heteroatoms. The standard InChI is InChI=1S/C17H20N6O2/c1-11-16(12(2)25-22-11)17(24)19-7-6-18-14-10-15(21-13(3)20-14)23-8-4-5-9-23/h4-5,8-10H,6-7H2,1-3H3,(H,19,24)(H,18,20,21). The Hall–Kier alpha value is -3.16. The van der Waals surface area contributed by atoms with Crippen molar-refractivity contribution in [1.82, 2.24) is 25.0 Å². The first kappa shape index (κ1) is 16.7. The molecular weight excluding hydrogens is 320 g/mol. The van der Waals surface area contributed by atoms with Gasteiger partial charge in [0.25, 0.3) is 5.91 Å². The molecule has 0 saturated carbocycles. The minimum atomic E-state index is -0.190. The number of aromatic nitrogens is 4. The third-order valence-corrected chi connectivity index (χ3v) is 3.67. The maximum atomic E-state index is 12.2. The maximum Gasteiger partial charge on any atom is 0.256 e. The van der Waals surface area contributed by atoms with Crippen molar-refractivity contribution in [1.29, 1.82) is 0 Å². The summed E-state index contributed by atoms with van der Waals surface area (Å²) in [7, 11) is 0. The van der Waals surface area contributed by atoms with Crippen LogP contribution in [-0.4, -0.2) is 38.7 Å². The Morgan fingerprint density at radius 3 is 2.60 bits per heavy atom. The summed E-state index contributed by atoms with van der Waals surface area (Å²) in [5.74, 6) is 2.51. The van der Waals surface area contributed by atoms with Gasteiger partial charge >= 0.3 is 0 Å². The fourth-order valence-corrected chi connectivity index (χ4v) is 2.52. The molecule has 1 amide bonds. The van der Waals surface area contributed by atoms with E-state index in [1.54, 1.807) is 13.8 Å². The lowest BCUT2D eigenvalue weighted by atomic mass is 10.2. The second-order valence-corrected chi connectivity index (χ2v) is 5.63. The number of amides is 1. The summed E-state index contributed by atoms with van der Waals surface area (Å²) in [4.78, 5) is 20.9. The number of nitrogens with zero attached hydrogens (tertiary/aromatic N) is 4. The number of aryl methyl sites for hydroxylation is 3. The predicted molar refractivity (Wildman–Crippen MR) is 92.9 cm³/mol. The molecule has 0 aliphatic carbocycles. The van der Waals surface area contributed by atoms with Gasteiger partial charge in [0.05, 0.1) is 5.69 Å². The molecule has 3 aromatic rings. The van der Waals surface area contributed by atoms with Crippen LogP contribution in [0.15, 0.2) is 35.1 Å². The van der Waals surface area contributed by atoms with E-state index in [1.807, 2.05) is 42.1 Å². The zero-order chi connectivity index (χ0) is 17.8. The lowest BCUT2D eigenvalue weighted by Gasteiger charge is -2.10. The van der Waals surface area contributed by atoms with Crippen molar-refractivity contribution in [2.45, 2.75) is 20.8 Å². The average molecular weight is 340 g/mol. The Bertz CT molecular complexity index is 850. The number of hydrogen-bond acceptors (Lipinski definition) is 6. The van der Waals surface area contributed by atoms with Crippen LogP contribution in [0.1, 0.15) is 27.6 Å². The number of carbonyl (C=O) groups is 1. The molecule has 0 atom stereocenters. The van der Waals surface area contributed by atoms with Crippen LogP contribution in [0.3, 0.4) is 0 Å². The van der Waals surface area contributed by atoms with Gasteiger partial charge in [-0.15, -0.1) is 0 Å². The van der Waals surface area contributed by atoms with Crippen molar-refractivity contribution < 1.29 is 9.32 Å². The van der Waals surface area contributed by atoms with Crippen LogP contribution < -0.4 is 10.6 Å². The minimum absolute atomic E-state index is 0.190. The second kappa shape index (κ2) is 7.16. The van der Waals surface area contributed by atoms with Gasteiger partial charge in [-0.3, -0.25) is 4.79 Å². The van der Waals surface area contributed by atoms with Crippen molar-refractivity contribution in [3.63, 3.8) is 0 Å². The molecule has 0 aliphatic heterocycles. The van der Waals surface area contributed by atoms with E-state index >= 15 is 0 Å². The Labute approximate surface area is 145 Å². The summed E-state index contributed by atoms with van der Waals surface area (Å²) < 4.78 is 6.92. The van der Waals surface area contributed by atoms with E-state index in [2.05, 4.69) is 25.8 Å². The molecule has 0 bridgehead atoms. The molecule has 0 radical (unpaired) electrons. The van der Waals surface area contributed by atoms with Crippen LogP contribution in [0.5, 0.6) is 0 Å². The number of carbonyl (C=O) groups excluding carboxylic acids is 1. The molecule has 0 fully saturated rings. The zero-order valence-corrected chi connectivity index (χ0v) is 14.4. The average Bonchev–Trinajstić information content (AvgIpc) is 3.21. The molecule has 0 unspecified atom stereocenters. The molecule has 8 nitrogen and oxygen atoms in total. The highest BCUT2D eigenvalue weighted by molar-refractivity contribution is 5.96. The van der Waals surface area contributed by atoms with E-state index in [0.717, 1.165) is 5.82 Å². The highest BCUT2D eigenvalue weighted by Crippen LogP contribution is 2.12. The number of anilines is 1. The van der Waals surface area contributed by atoms with E-state index in [0.29, 0.717) is 41.7 Å². The first-order valence-corrected chi connectivity index (χ1v) is 7.98. The highest BCUT2D eigenvalue weighted by atomic mass is 16.5. The molecule has 25 heavy (non-hydrogen) atoms. The van der Waals surface area contributed by atoms with Gasteiger partial charge < -0.3 is 19.7 Å². The fourth-order valence-electron chi connectivity index (χ4n) is 2.52. The topological polar surface area (TPSA) is 97.9 Å². The smallest absolute Gasteiger partial charge is 0.256 e. The first-order valence-electron chi connectivity index (χ1n) is 7.98. The van der Waals surface area contributed by atoms with Crippen molar-refractivity contribution in [2.24, 2.45) is 0 Å². The number of rotatable bonds is 6. The van der Waals surface area contributed by atoms with Crippen molar-refractivity contribution in [2.75, 3.05) is 18.4 Å². The van der Waals surface area contributed by atoms with Crippen molar-refractivity contribution in [3.05, 3.63) is 53.4 Å². The maximum absolute atomic E-state index is 12.2. The molecule has 3 aromatic heterocycles. The molecule has 3 rings (SSSR count). The molecule has 0 saturated heterocycles. The van der Waals surface area contributed by atoms with Crippen LogP contribution in [0, 0.1) is 20.8 Å². The SMILES string of the molecule is Cc1nc(NCCNC(=O)c2c(C)noc2C)cc(-n2cccc2)n1. The molecule has 2 N–H and O–H groups in total. The van der Waals surface area contributed by atoms with Crippen LogP contribution in [-0.2, 0) is 0 Å². The summed E-state index contributed by atoms with van der Waals surface area (Å²) in [5.41, 5.74) is 1.08. The Kier molecular flexibility index (Phi) is 4.78. The quantitative estimate of drug-likeness (QED) is 0.666. The van der Waals surface area contributed by atoms with Gasteiger partial charge in [-0.1, -0.05) is 5.16 Å². The summed E-state index contributed by atoms with van der Waals surface area (Å²) in [6.07, 6.45) is 3.85. The molecular formula is C17H20N6O2. The van der Waals surface area contributed by atoms with Gasteiger partial charge in [-0.25, -0.2) is 9.97 Å². The Morgan fingerprint density at radius 2 is 1.92 bits per heavy atom. The third kappa shape index (κ3) is 3.85. The predicted octanol–water partition coefficient (Wildman–Crippen LogP) is 2.02. The highest BCUT2D eigenvalue weighted by Gasteiger charge is 2.16. The molecule has 0 spiro atoms. The largest absolute Gasteiger partial charge is 0.368 e. The number of nitrogens with one attached hydrogen (secondary N) is 2. The van der Waals surface area contributed by atoms with E-state index < -0.39 is 0 Å². The molecule has 0 aromatic carbocycles. The van der Waals surface area contributed by atoms with E-state index in [-0.39, 0.29) is 5.91 Å². The molecule has 3 heterocycles. The van der Waals surface area contributed by atoms with E-state index in [4.69, 9.17) is 4.52 Å². The van der Waals surface area contributed by atoms with Gasteiger partial charge in [0.1, 0.15) is 28.8 Å². The lowest BCUT2D eigenvalue weighted by Crippen LogP contribution is -2.29. The molecule has 0 aliphatic rings. The lowest BCUT2D eigenvalue weighted by molar-refractivity contribution is 0.0953. The molecule has 130 valence electrons. The van der Waals surface area contributed by atoms with Crippen LogP contribution in [0.2, 0.25) is 0 Å². The summed E-state index contributed by atoms with van der Waals surface area (Å²) in [5, 5.41) is 9.83.